The summed E-state index contributed by atoms with van der Waals surface area (Å²) in [6.07, 6.45) is 0. The Hall–Kier alpha value is -0.840. The highest BCUT2D eigenvalue weighted by Crippen LogP contribution is 2.31. The average Bonchev–Trinajstić information content (AvgIpc) is 2.66. The molecule has 0 spiro atoms. The first kappa shape index (κ1) is 14.6. The van der Waals surface area contributed by atoms with Gasteiger partial charge in [-0.25, -0.2) is 0 Å². The Morgan fingerprint density at radius 3 is 2.47 bits per heavy atom. The van der Waals surface area contributed by atoms with Gasteiger partial charge in [-0.3, -0.25) is 0 Å². The first-order valence-electron chi connectivity index (χ1n) is 6.26. The van der Waals surface area contributed by atoms with Gasteiger partial charge >= 0.3 is 0 Å². The van der Waals surface area contributed by atoms with E-state index in [0.717, 1.165) is 10.6 Å². The molecule has 1 heterocycles. The second-order valence-electron chi connectivity index (χ2n) is 5.59. The number of aryl methyl sites for hydroxylation is 1. The number of benzene rings is 1. The zero-order valence-corrected chi connectivity index (χ0v) is 13.6. The number of fused-ring (bicyclic) bond motifs is 1. The summed E-state index contributed by atoms with van der Waals surface area (Å²) in [5.41, 5.74) is 2.10. The van der Waals surface area contributed by atoms with Gasteiger partial charge in [0.05, 0.1) is 4.88 Å². The summed E-state index contributed by atoms with van der Waals surface area (Å²) < 4.78 is 17.4. The monoisotopic (exact) mass is 293 g/mol. The zero-order chi connectivity index (χ0) is 14.2. The fourth-order valence-electron chi connectivity index (χ4n) is 1.82. The lowest BCUT2D eigenvalue weighted by atomic mass is 10.1. The minimum Gasteiger partial charge on any atom is -0.591 e. The van der Waals surface area contributed by atoms with Crippen LogP contribution in [0.5, 0.6) is 0 Å². The Kier molecular flexibility index (Phi) is 4.04. The molecule has 0 aliphatic rings. The van der Waals surface area contributed by atoms with Crippen LogP contribution < -0.4 is 0 Å². The molecule has 19 heavy (non-hydrogen) atoms. The molecule has 0 fully saturated rings. The molecule has 0 N–H and O–H groups in total. The van der Waals surface area contributed by atoms with Crippen LogP contribution in [-0.4, -0.2) is 15.0 Å². The molecule has 0 saturated heterocycles. The maximum Gasteiger partial charge on any atom is 0.144 e. The summed E-state index contributed by atoms with van der Waals surface area (Å²) in [4.78, 5) is 1.14. The fourth-order valence-corrected chi connectivity index (χ4v) is 3.65. The Bertz CT molecular complexity index is 623. The lowest BCUT2D eigenvalue weighted by Crippen LogP contribution is -2.26. The van der Waals surface area contributed by atoms with E-state index in [4.69, 9.17) is 0 Å². The van der Waals surface area contributed by atoms with Crippen molar-refractivity contribution in [2.45, 2.75) is 39.4 Å². The molecule has 102 valence electrons. The Morgan fingerprint density at radius 1 is 1.26 bits per heavy atom. The number of rotatable bonds is 2. The van der Waals surface area contributed by atoms with Crippen LogP contribution in [0, 0.1) is 6.92 Å². The molecule has 0 aliphatic heterocycles. The number of hydrogen-bond acceptors (Lipinski definition) is 3. The summed E-state index contributed by atoms with van der Waals surface area (Å²) in [7, 11) is 0. The van der Waals surface area contributed by atoms with Crippen LogP contribution >= 0.6 is 11.3 Å². The minimum atomic E-state index is -1.20. The summed E-state index contributed by atoms with van der Waals surface area (Å²) in [5, 5.41) is 1.26. The van der Waals surface area contributed by atoms with Gasteiger partial charge in [-0.05, 0) is 51.6 Å². The molecule has 1 aromatic heterocycles. The van der Waals surface area contributed by atoms with Gasteiger partial charge in [0.15, 0.2) is 0 Å². The molecule has 2 rings (SSSR count). The maximum atomic E-state index is 12.1. The van der Waals surface area contributed by atoms with Crippen LogP contribution in [0.25, 0.3) is 10.1 Å². The van der Waals surface area contributed by atoms with Crippen LogP contribution in [0.4, 0.5) is 0 Å². The highest BCUT2D eigenvalue weighted by molar-refractivity contribution is 7.91. The first-order valence-corrected chi connectivity index (χ1v) is 8.19. The predicted molar refractivity (Wildman–Crippen MR) is 86.7 cm³/mol. The lowest BCUT2D eigenvalue weighted by molar-refractivity contribution is 0.561. The molecule has 0 saturated carbocycles. The van der Waals surface area contributed by atoms with Crippen molar-refractivity contribution in [3.63, 3.8) is 0 Å². The van der Waals surface area contributed by atoms with E-state index in [9.17, 15) is 4.55 Å². The summed E-state index contributed by atoms with van der Waals surface area (Å²) in [5.74, 6) is 0. The molecule has 1 unspecified atom stereocenters. The second-order valence-corrected chi connectivity index (χ2v) is 8.55. The molecule has 0 aliphatic carbocycles. The van der Waals surface area contributed by atoms with Crippen molar-refractivity contribution in [1.29, 1.82) is 0 Å². The lowest BCUT2D eigenvalue weighted by Gasteiger charge is -2.18. The van der Waals surface area contributed by atoms with Crippen LogP contribution in [0.3, 0.4) is 0 Å². The number of hydrogen-bond donors (Lipinski definition) is 0. The third-order valence-electron chi connectivity index (χ3n) is 2.92. The molecule has 1 atom stereocenters. The van der Waals surface area contributed by atoms with Gasteiger partial charge in [-0.2, -0.15) is 0 Å². The smallest absolute Gasteiger partial charge is 0.144 e. The van der Waals surface area contributed by atoms with Crippen molar-refractivity contribution in [2.24, 2.45) is 4.40 Å². The van der Waals surface area contributed by atoms with Gasteiger partial charge in [0.1, 0.15) is 21.8 Å². The van der Waals surface area contributed by atoms with Gasteiger partial charge in [0, 0.05) is 4.70 Å². The van der Waals surface area contributed by atoms with Crippen LogP contribution in [-0.2, 0) is 11.4 Å². The molecular weight excluding hydrogens is 274 g/mol. The Balaban J connectivity index is 2.44. The predicted octanol–water partition coefficient (Wildman–Crippen LogP) is 4.48. The number of thiophene rings is 1. The van der Waals surface area contributed by atoms with E-state index in [1.807, 2.05) is 39.8 Å². The van der Waals surface area contributed by atoms with Gasteiger partial charge in [0.2, 0.25) is 0 Å². The first-order chi connectivity index (χ1) is 8.80. The van der Waals surface area contributed by atoms with Crippen LogP contribution in [0.2, 0.25) is 0 Å². The molecular formula is C15H19NOS2. The highest BCUT2D eigenvalue weighted by atomic mass is 32.2. The van der Waals surface area contributed by atoms with Crippen molar-refractivity contribution >= 4 is 38.5 Å². The van der Waals surface area contributed by atoms with Gasteiger partial charge < -0.3 is 4.55 Å². The van der Waals surface area contributed by atoms with Gasteiger partial charge in [0.25, 0.3) is 0 Å². The van der Waals surface area contributed by atoms with Crippen molar-refractivity contribution in [3.8, 4) is 0 Å². The minimum absolute atomic E-state index is 0.314. The van der Waals surface area contributed by atoms with Crippen LogP contribution in [0.15, 0.2) is 28.7 Å². The van der Waals surface area contributed by atoms with Gasteiger partial charge in [-0.1, -0.05) is 22.6 Å². The van der Waals surface area contributed by atoms with E-state index in [0.29, 0.717) is 0 Å². The molecule has 0 bridgehead atoms. The van der Waals surface area contributed by atoms with E-state index in [1.165, 1.54) is 15.6 Å². The topological polar surface area (TPSA) is 35.4 Å². The van der Waals surface area contributed by atoms with Crippen LogP contribution in [0.1, 0.15) is 38.1 Å². The van der Waals surface area contributed by atoms with Crippen molar-refractivity contribution in [2.75, 3.05) is 0 Å². The van der Waals surface area contributed by atoms with E-state index < -0.39 is 11.4 Å². The fraction of sp³-hybridized carbons (Fsp3) is 0.400. The zero-order valence-electron chi connectivity index (χ0n) is 12.0. The normalized spacial score (nSPS) is 14.9. The number of nitrogens with zero attached hydrogens (tertiary/aromatic N) is 1. The highest BCUT2D eigenvalue weighted by Gasteiger charge is 2.27. The standard InChI is InChI=1S/C15H19NOS2/c1-10-12-8-6-7-9-13(12)18-14(10)11(2)16-19(17)15(3,4)5/h6-9H,1-5H3. The molecule has 0 amide bonds. The van der Waals surface area contributed by atoms with Crippen molar-refractivity contribution < 1.29 is 4.55 Å². The van der Waals surface area contributed by atoms with Crippen molar-refractivity contribution in [3.05, 3.63) is 34.7 Å². The van der Waals surface area contributed by atoms with E-state index in [1.54, 1.807) is 11.3 Å². The average molecular weight is 293 g/mol. The molecule has 4 heteroatoms. The van der Waals surface area contributed by atoms with E-state index in [2.05, 4.69) is 23.5 Å². The van der Waals surface area contributed by atoms with Gasteiger partial charge in [-0.15, -0.1) is 11.3 Å². The Morgan fingerprint density at radius 2 is 1.89 bits per heavy atom. The van der Waals surface area contributed by atoms with Crippen molar-refractivity contribution in [1.82, 2.24) is 0 Å². The van der Waals surface area contributed by atoms with E-state index in [-0.39, 0.29) is 4.75 Å². The summed E-state index contributed by atoms with van der Waals surface area (Å²) in [6.45, 7) is 9.88. The third kappa shape index (κ3) is 3.02. The molecule has 2 aromatic rings. The summed E-state index contributed by atoms with van der Waals surface area (Å²) in [6, 6.07) is 8.33. The quantitative estimate of drug-likeness (QED) is 0.594. The molecule has 1 aromatic carbocycles. The Labute approximate surface area is 121 Å². The second kappa shape index (κ2) is 5.27. The largest absolute Gasteiger partial charge is 0.591 e. The third-order valence-corrected chi connectivity index (χ3v) is 5.79. The molecule has 2 nitrogen and oxygen atoms in total. The van der Waals surface area contributed by atoms with E-state index >= 15 is 0 Å². The molecule has 0 radical (unpaired) electrons. The maximum absolute atomic E-state index is 12.1. The SMILES string of the molecule is CC(=N[S+]([O-])C(C)(C)C)c1sc2ccccc2c1C. The summed E-state index contributed by atoms with van der Waals surface area (Å²) >= 11 is 0.516.